The SMILES string of the molecule is COc1ccc2c3c([nH]c2c1)C(CC(CC1=NCCc2c1[nH]c1cc(OC)ccc21)c1cccc(OC)c1O)=NCC3. The minimum Gasteiger partial charge on any atom is -0.504 e. The van der Waals surface area contributed by atoms with E-state index in [2.05, 4.69) is 22.1 Å². The minimum atomic E-state index is -0.0867. The van der Waals surface area contributed by atoms with Gasteiger partial charge >= 0.3 is 0 Å². The number of rotatable bonds is 8. The van der Waals surface area contributed by atoms with Crippen LogP contribution in [0.4, 0.5) is 0 Å². The van der Waals surface area contributed by atoms with Crippen molar-refractivity contribution < 1.29 is 19.3 Å². The van der Waals surface area contributed by atoms with Gasteiger partial charge in [0.2, 0.25) is 0 Å². The number of ether oxygens (including phenoxy) is 3. The first-order valence-electron chi connectivity index (χ1n) is 14.4. The summed E-state index contributed by atoms with van der Waals surface area (Å²) < 4.78 is 16.5. The van der Waals surface area contributed by atoms with Gasteiger partial charge in [-0.15, -0.1) is 0 Å². The number of nitrogens with one attached hydrogen (secondary N) is 2. The predicted molar refractivity (Wildman–Crippen MR) is 167 cm³/mol. The molecule has 0 fully saturated rings. The molecule has 0 amide bonds. The topological polar surface area (TPSA) is 104 Å². The first-order valence-corrected chi connectivity index (χ1v) is 14.4. The number of benzene rings is 3. The van der Waals surface area contributed by atoms with E-state index >= 15 is 0 Å². The molecule has 4 heterocycles. The molecule has 0 saturated heterocycles. The van der Waals surface area contributed by atoms with Crippen molar-refractivity contribution >= 4 is 33.2 Å². The lowest BCUT2D eigenvalue weighted by molar-refractivity contribution is 0.368. The summed E-state index contributed by atoms with van der Waals surface area (Å²) in [5, 5.41) is 13.7. The van der Waals surface area contributed by atoms with Gasteiger partial charge in [0.05, 0.1) is 44.1 Å². The Labute approximate surface area is 244 Å². The van der Waals surface area contributed by atoms with Gasteiger partial charge in [-0.05, 0) is 73.1 Å². The minimum absolute atomic E-state index is 0.0867. The Morgan fingerprint density at radius 2 is 1.29 bits per heavy atom. The summed E-state index contributed by atoms with van der Waals surface area (Å²) in [7, 11) is 4.96. The van der Waals surface area contributed by atoms with Crippen LogP contribution in [0.1, 0.15) is 46.8 Å². The highest BCUT2D eigenvalue weighted by molar-refractivity contribution is 6.09. The summed E-state index contributed by atoms with van der Waals surface area (Å²) >= 11 is 0. The number of nitrogens with zero attached hydrogens (tertiary/aromatic N) is 2. The van der Waals surface area contributed by atoms with E-state index in [0.717, 1.165) is 76.8 Å². The second-order valence-corrected chi connectivity index (χ2v) is 10.9. The number of aromatic hydroxyl groups is 1. The zero-order chi connectivity index (χ0) is 28.8. The molecule has 0 bridgehead atoms. The molecular formula is C34H34N4O4. The Hall–Kier alpha value is -4.72. The Morgan fingerprint density at radius 3 is 1.79 bits per heavy atom. The lowest BCUT2D eigenvalue weighted by Crippen LogP contribution is -2.20. The van der Waals surface area contributed by atoms with Gasteiger partial charge in [0.15, 0.2) is 11.5 Å². The number of H-pyrrole nitrogens is 2. The number of hydrogen-bond donors (Lipinski definition) is 3. The van der Waals surface area contributed by atoms with Crippen LogP contribution >= 0.6 is 0 Å². The molecule has 3 N–H and O–H groups in total. The van der Waals surface area contributed by atoms with E-state index in [4.69, 9.17) is 24.2 Å². The molecular weight excluding hydrogens is 528 g/mol. The second kappa shape index (κ2) is 10.6. The first-order chi connectivity index (χ1) is 20.6. The van der Waals surface area contributed by atoms with E-state index in [1.165, 1.54) is 21.9 Å². The smallest absolute Gasteiger partial charge is 0.161 e. The second-order valence-electron chi connectivity index (χ2n) is 10.9. The highest BCUT2D eigenvalue weighted by Gasteiger charge is 2.29. The van der Waals surface area contributed by atoms with Crippen LogP contribution in [-0.2, 0) is 12.8 Å². The molecule has 214 valence electrons. The molecule has 0 unspecified atom stereocenters. The first kappa shape index (κ1) is 26.2. The van der Waals surface area contributed by atoms with Crippen molar-refractivity contribution in [2.75, 3.05) is 34.4 Å². The average molecular weight is 563 g/mol. The van der Waals surface area contributed by atoms with Crippen molar-refractivity contribution in [3.05, 3.63) is 82.7 Å². The van der Waals surface area contributed by atoms with E-state index in [1.54, 1.807) is 27.4 Å². The largest absolute Gasteiger partial charge is 0.504 e. The van der Waals surface area contributed by atoms with Gasteiger partial charge in [0, 0.05) is 52.6 Å². The summed E-state index contributed by atoms with van der Waals surface area (Å²) in [5.74, 6) is 2.18. The van der Waals surface area contributed by atoms with Crippen molar-refractivity contribution in [3.8, 4) is 23.0 Å². The lowest BCUT2D eigenvalue weighted by atomic mass is 9.84. The molecule has 0 atom stereocenters. The third kappa shape index (κ3) is 4.38. The van der Waals surface area contributed by atoms with Gasteiger partial charge < -0.3 is 29.3 Å². The highest BCUT2D eigenvalue weighted by Crippen LogP contribution is 2.41. The van der Waals surface area contributed by atoms with Crippen molar-refractivity contribution in [1.82, 2.24) is 9.97 Å². The molecule has 0 spiro atoms. The Kier molecular flexibility index (Phi) is 6.61. The van der Waals surface area contributed by atoms with Crippen LogP contribution < -0.4 is 14.2 Å². The molecule has 0 saturated carbocycles. The van der Waals surface area contributed by atoms with Gasteiger partial charge in [0.25, 0.3) is 0 Å². The van der Waals surface area contributed by atoms with Gasteiger partial charge in [-0.1, -0.05) is 12.1 Å². The lowest BCUT2D eigenvalue weighted by Gasteiger charge is -2.24. The number of aromatic amines is 2. The van der Waals surface area contributed by atoms with E-state index in [0.29, 0.717) is 18.6 Å². The molecule has 8 heteroatoms. The zero-order valence-electron chi connectivity index (χ0n) is 24.1. The van der Waals surface area contributed by atoms with Gasteiger partial charge in [-0.2, -0.15) is 0 Å². The van der Waals surface area contributed by atoms with E-state index < -0.39 is 0 Å². The number of aromatic nitrogens is 2. The van der Waals surface area contributed by atoms with Crippen LogP contribution in [0.3, 0.4) is 0 Å². The van der Waals surface area contributed by atoms with Crippen molar-refractivity contribution in [2.24, 2.45) is 9.98 Å². The zero-order valence-corrected chi connectivity index (χ0v) is 24.1. The number of para-hydroxylation sites is 1. The molecule has 2 aromatic heterocycles. The van der Waals surface area contributed by atoms with Crippen LogP contribution in [-0.4, -0.2) is 60.9 Å². The molecule has 5 aromatic rings. The number of fused-ring (bicyclic) bond motifs is 6. The molecule has 0 aliphatic carbocycles. The monoisotopic (exact) mass is 562 g/mol. The summed E-state index contributed by atoms with van der Waals surface area (Å²) in [6.07, 6.45) is 3.05. The fraction of sp³-hybridized carbons (Fsp3) is 0.294. The van der Waals surface area contributed by atoms with Crippen molar-refractivity contribution in [3.63, 3.8) is 0 Å². The van der Waals surface area contributed by atoms with Gasteiger partial charge in [0.1, 0.15) is 11.5 Å². The number of phenolic OH excluding ortho intramolecular Hbond substituents is 1. The predicted octanol–water partition coefficient (Wildman–Crippen LogP) is 6.34. The number of aliphatic imine (C=N–C) groups is 2. The molecule has 2 aliphatic heterocycles. The van der Waals surface area contributed by atoms with Crippen LogP contribution in [0.25, 0.3) is 21.8 Å². The fourth-order valence-electron chi connectivity index (χ4n) is 6.62. The summed E-state index contributed by atoms with van der Waals surface area (Å²) in [5.41, 5.74) is 9.65. The Bertz CT molecular complexity index is 1770. The standard InChI is InChI=1S/C34H34N4O4/c1-40-20-7-9-23-25-11-13-35-29(32(25)37-27(23)17-20)15-19(22-5-4-6-31(42-3)34(22)39)16-30-33-26(12-14-36-30)24-10-8-21(41-2)18-28(24)38-33/h4-10,17-19,37-39H,11-16H2,1-3H3. The number of hydrogen-bond acceptors (Lipinski definition) is 6. The third-order valence-electron chi connectivity index (χ3n) is 8.70. The molecule has 2 aliphatic rings. The molecule has 42 heavy (non-hydrogen) atoms. The van der Waals surface area contributed by atoms with E-state index in [-0.39, 0.29) is 11.7 Å². The molecule has 3 aromatic carbocycles. The highest BCUT2D eigenvalue weighted by atomic mass is 16.5. The normalized spacial score (nSPS) is 14.5. The van der Waals surface area contributed by atoms with Gasteiger partial charge in [-0.25, -0.2) is 0 Å². The maximum Gasteiger partial charge on any atom is 0.161 e. The Morgan fingerprint density at radius 1 is 0.738 bits per heavy atom. The summed E-state index contributed by atoms with van der Waals surface area (Å²) in [4.78, 5) is 17.3. The molecule has 7 rings (SSSR count). The van der Waals surface area contributed by atoms with Gasteiger partial charge in [-0.3, -0.25) is 9.98 Å². The average Bonchev–Trinajstić information content (AvgIpc) is 3.59. The maximum absolute atomic E-state index is 11.3. The fourth-order valence-corrected chi connectivity index (χ4v) is 6.62. The summed E-state index contributed by atoms with van der Waals surface area (Å²) in [6.45, 7) is 1.46. The van der Waals surface area contributed by atoms with E-state index in [1.807, 2.05) is 36.4 Å². The van der Waals surface area contributed by atoms with Crippen molar-refractivity contribution in [1.29, 1.82) is 0 Å². The molecule has 8 nitrogen and oxygen atoms in total. The van der Waals surface area contributed by atoms with E-state index in [9.17, 15) is 5.11 Å². The third-order valence-corrected chi connectivity index (χ3v) is 8.70. The number of phenols is 1. The number of methoxy groups -OCH3 is 3. The van der Waals surface area contributed by atoms with Crippen LogP contribution in [0.2, 0.25) is 0 Å². The summed E-state index contributed by atoms with van der Waals surface area (Å²) in [6, 6.07) is 18.1. The quantitative estimate of drug-likeness (QED) is 0.205. The van der Waals surface area contributed by atoms with Crippen LogP contribution in [0, 0.1) is 0 Å². The van der Waals surface area contributed by atoms with Crippen LogP contribution in [0.15, 0.2) is 64.6 Å². The van der Waals surface area contributed by atoms with Crippen molar-refractivity contribution in [2.45, 2.75) is 31.6 Å². The van der Waals surface area contributed by atoms with Crippen LogP contribution in [0.5, 0.6) is 23.0 Å². The molecule has 0 radical (unpaired) electrons. The Balaban J connectivity index is 1.29. The maximum atomic E-state index is 11.3.